The Morgan fingerprint density at radius 2 is 1.83 bits per heavy atom. The molecule has 0 saturated heterocycles. The van der Waals surface area contributed by atoms with Crippen LogP contribution in [0.5, 0.6) is 0 Å². The molecule has 2 atom stereocenters. The summed E-state index contributed by atoms with van der Waals surface area (Å²) in [7, 11) is 0. The minimum atomic E-state index is -1.16. The molecule has 1 rings (SSSR count). The fraction of sp³-hybridized carbons (Fsp3) is 0.353. The van der Waals surface area contributed by atoms with Crippen molar-refractivity contribution in [1.29, 1.82) is 0 Å². The topological polar surface area (TPSA) is 95.5 Å². The highest BCUT2D eigenvalue weighted by Crippen LogP contribution is 2.07. The summed E-state index contributed by atoms with van der Waals surface area (Å²) in [6, 6.07) is 3.50. The van der Waals surface area contributed by atoms with E-state index in [4.69, 9.17) is 5.11 Å². The first-order chi connectivity index (χ1) is 11.3. The van der Waals surface area contributed by atoms with Gasteiger partial charge in [0.2, 0.25) is 11.8 Å². The van der Waals surface area contributed by atoms with E-state index in [1.165, 1.54) is 31.2 Å². The Morgan fingerprint density at radius 3 is 2.33 bits per heavy atom. The first-order valence-electron chi connectivity index (χ1n) is 7.49. The van der Waals surface area contributed by atoms with Crippen LogP contribution in [0.4, 0.5) is 4.39 Å². The van der Waals surface area contributed by atoms with Crippen LogP contribution in [0.2, 0.25) is 0 Å². The van der Waals surface area contributed by atoms with Crippen molar-refractivity contribution in [3.8, 4) is 0 Å². The number of carboxylic acid groups (broad SMARTS) is 1. The number of rotatable bonds is 9. The smallest absolute Gasteiger partial charge is 0.326 e. The molecule has 0 aliphatic carbocycles. The van der Waals surface area contributed by atoms with Gasteiger partial charge < -0.3 is 15.7 Å². The molecule has 130 valence electrons. The van der Waals surface area contributed by atoms with Gasteiger partial charge in [0.15, 0.2) is 0 Å². The number of benzene rings is 1. The summed E-state index contributed by atoms with van der Waals surface area (Å²) in [5.41, 5.74) is 0.642. The van der Waals surface area contributed by atoms with Crippen LogP contribution in [0.3, 0.4) is 0 Å². The molecular formula is C17H21FN2O4. The second kappa shape index (κ2) is 9.44. The van der Waals surface area contributed by atoms with Crippen molar-refractivity contribution in [2.45, 2.75) is 38.3 Å². The second-order valence-corrected chi connectivity index (χ2v) is 5.35. The van der Waals surface area contributed by atoms with E-state index >= 15 is 0 Å². The standard InChI is InChI=1S/C17H21FN2O4/c1-3-4-5-14(17(23)24)20-16(22)15(19-11(2)21)10-12-6-8-13(18)9-7-12/h3,6-9,14-15H,1,4-5,10H2,2H3,(H,19,21)(H,20,22)(H,23,24)/t14-,15-/m0/s1. The lowest BCUT2D eigenvalue weighted by Gasteiger charge is -2.21. The normalized spacial score (nSPS) is 12.8. The number of amides is 2. The van der Waals surface area contributed by atoms with E-state index in [0.717, 1.165) is 0 Å². The van der Waals surface area contributed by atoms with Gasteiger partial charge in [-0.3, -0.25) is 9.59 Å². The lowest BCUT2D eigenvalue weighted by molar-refractivity contribution is -0.142. The molecule has 2 amide bonds. The van der Waals surface area contributed by atoms with Crippen LogP contribution < -0.4 is 10.6 Å². The van der Waals surface area contributed by atoms with Crippen molar-refractivity contribution in [3.63, 3.8) is 0 Å². The maximum Gasteiger partial charge on any atom is 0.326 e. The van der Waals surface area contributed by atoms with Gasteiger partial charge >= 0.3 is 5.97 Å². The van der Waals surface area contributed by atoms with E-state index in [0.29, 0.717) is 12.0 Å². The number of carbonyl (C=O) groups is 3. The fourth-order valence-electron chi connectivity index (χ4n) is 2.13. The Hall–Kier alpha value is -2.70. The quantitative estimate of drug-likeness (QED) is 0.594. The van der Waals surface area contributed by atoms with Crippen molar-refractivity contribution in [2.24, 2.45) is 0 Å². The molecule has 1 aromatic carbocycles. The molecule has 0 saturated carbocycles. The highest BCUT2D eigenvalue weighted by molar-refractivity contribution is 5.90. The summed E-state index contributed by atoms with van der Waals surface area (Å²) in [5.74, 6) is -2.59. The maximum absolute atomic E-state index is 12.9. The fourth-order valence-corrected chi connectivity index (χ4v) is 2.13. The predicted octanol–water partition coefficient (Wildman–Crippen LogP) is 1.41. The van der Waals surface area contributed by atoms with Gasteiger partial charge in [0, 0.05) is 13.3 Å². The van der Waals surface area contributed by atoms with Crippen molar-refractivity contribution in [3.05, 3.63) is 48.3 Å². The molecule has 0 bridgehead atoms. The zero-order chi connectivity index (χ0) is 18.1. The van der Waals surface area contributed by atoms with Gasteiger partial charge in [0.1, 0.15) is 17.9 Å². The average Bonchev–Trinajstić information content (AvgIpc) is 2.52. The zero-order valence-corrected chi connectivity index (χ0v) is 13.4. The Morgan fingerprint density at radius 1 is 1.21 bits per heavy atom. The highest BCUT2D eigenvalue weighted by Gasteiger charge is 2.25. The van der Waals surface area contributed by atoms with E-state index in [1.54, 1.807) is 6.08 Å². The van der Waals surface area contributed by atoms with Crippen LogP contribution in [0.25, 0.3) is 0 Å². The summed E-state index contributed by atoms with van der Waals surface area (Å²) >= 11 is 0. The van der Waals surface area contributed by atoms with E-state index < -0.39 is 35.7 Å². The monoisotopic (exact) mass is 336 g/mol. The second-order valence-electron chi connectivity index (χ2n) is 5.35. The molecule has 0 aliphatic heterocycles. The van der Waals surface area contributed by atoms with Crippen LogP contribution in [0.15, 0.2) is 36.9 Å². The Bertz CT molecular complexity index is 601. The van der Waals surface area contributed by atoms with Crippen LogP contribution >= 0.6 is 0 Å². The molecule has 0 spiro atoms. The highest BCUT2D eigenvalue weighted by atomic mass is 19.1. The molecule has 0 fully saturated rings. The molecule has 0 heterocycles. The minimum absolute atomic E-state index is 0.124. The molecule has 24 heavy (non-hydrogen) atoms. The Balaban J connectivity index is 2.83. The SMILES string of the molecule is C=CCC[C@H](NC(=O)[C@H](Cc1ccc(F)cc1)NC(C)=O)C(=O)O. The average molecular weight is 336 g/mol. The predicted molar refractivity (Wildman–Crippen MR) is 86.7 cm³/mol. The number of hydrogen-bond donors (Lipinski definition) is 3. The molecule has 3 N–H and O–H groups in total. The molecule has 0 unspecified atom stereocenters. The zero-order valence-electron chi connectivity index (χ0n) is 13.4. The summed E-state index contributed by atoms with van der Waals surface area (Å²) in [6.45, 7) is 4.78. The Labute approximate surface area is 139 Å². The minimum Gasteiger partial charge on any atom is -0.480 e. The van der Waals surface area contributed by atoms with Gasteiger partial charge in [-0.25, -0.2) is 9.18 Å². The third-order valence-electron chi connectivity index (χ3n) is 3.32. The van der Waals surface area contributed by atoms with Gasteiger partial charge in [0.25, 0.3) is 0 Å². The van der Waals surface area contributed by atoms with Crippen molar-refractivity contribution >= 4 is 17.8 Å². The van der Waals surface area contributed by atoms with Crippen molar-refractivity contribution < 1.29 is 23.9 Å². The van der Waals surface area contributed by atoms with Crippen LogP contribution in [0, 0.1) is 5.82 Å². The maximum atomic E-state index is 12.9. The largest absolute Gasteiger partial charge is 0.480 e. The van der Waals surface area contributed by atoms with E-state index in [9.17, 15) is 18.8 Å². The summed E-state index contributed by atoms with van der Waals surface area (Å²) in [6.07, 6.45) is 2.32. The van der Waals surface area contributed by atoms with E-state index in [-0.39, 0.29) is 12.8 Å². The third-order valence-corrected chi connectivity index (χ3v) is 3.32. The van der Waals surface area contributed by atoms with Gasteiger partial charge in [-0.2, -0.15) is 0 Å². The molecule has 6 nitrogen and oxygen atoms in total. The van der Waals surface area contributed by atoms with Gasteiger partial charge in [-0.15, -0.1) is 6.58 Å². The van der Waals surface area contributed by atoms with Crippen LogP contribution in [-0.2, 0) is 20.8 Å². The number of carbonyl (C=O) groups excluding carboxylic acids is 2. The number of hydrogen-bond acceptors (Lipinski definition) is 3. The summed E-state index contributed by atoms with van der Waals surface area (Å²) < 4.78 is 12.9. The number of allylic oxidation sites excluding steroid dienone is 1. The van der Waals surface area contributed by atoms with Gasteiger partial charge in [-0.05, 0) is 30.5 Å². The summed E-state index contributed by atoms with van der Waals surface area (Å²) in [4.78, 5) is 34.9. The lowest BCUT2D eigenvalue weighted by Crippen LogP contribution is -2.52. The number of halogens is 1. The third kappa shape index (κ3) is 6.60. The molecule has 0 radical (unpaired) electrons. The number of aliphatic carboxylic acids is 1. The summed E-state index contributed by atoms with van der Waals surface area (Å²) in [5, 5.41) is 14.1. The van der Waals surface area contributed by atoms with Gasteiger partial charge in [-0.1, -0.05) is 18.2 Å². The molecule has 1 aromatic rings. The first-order valence-corrected chi connectivity index (χ1v) is 7.49. The number of carboxylic acids is 1. The first kappa shape index (κ1) is 19.3. The van der Waals surface area contributed by atoms with E-state index in [1.807, 2.05) is 0 Å². The Kier molecular flexibility index (Phi) is 7.61. The van der Waals surface area contributed by atoms with Crippen molar-refractivity contribution in [1.82, 2.24) is 10.6 Å². The molecular weight excluding hydrogens is 315 g/mol. The molecule has 7 heteroatoms. The van der Waals surface area contributed by atoms with E-state index in [2.05, 4.69) is 17.2 Å². The van der Waals surface area contributed by atoms with Gasteiger partial charge in [0.05, 0.1) is 0 Å². The lowest BCUT2D eigenvalue weighted by atomic mass is 10.0. The molecule has 0 aromatic heterocycles. The van der Waals surface area contributed by atoms with Crippen molar-refractivity contribution in [2.75, 3.05) is 0 Å². The van der Waals surface area contributed by atoms with Crippen LogP contribution in [0.1, 0.15) is 25.3 Å². The number of nitrogens with one attached hydrogen (secondary N) is 2. The molecule has 0 aliphatic rings. The van der Waals surface area contributed by atoms with Crippen LogP contribution in [-0.4, -0.2) is 35.0 Å².